The average Bonchev–Trinajstić information content (AvgIpc) is 2.97. The molecule has 3 amide bonds. The highest BCUT2D eigenvalue weighted by Crippen LogP contribution is 2.35. The van der Waals surface area contributed by atoms with E-state index in [4.69, 9.17) is 9.47 Å². The number of nitrogens with one attached hydrogen (secondary N) is 1. The minimum Gasteiger partial charge on any atom is -0.490 e. The lowest BCUT2D eigenvalue weighted by Gasteiger charge is -2.14. The van der Waals surface area contributed by atoms with Crippen molar-refractivity contribution in [2.45, 2.75) is 27.4 Å². The van der Waals surface area contributed by atoms with Crippen molar-refractivity contribution in [1.29, 1.82) is 0 Å². The lowest BCUT2D eigenvalue weighted by molar-refractivity contribution is -0.122. The molecule has 152 valence electrons. The summed E-state index contributed by atoms with van der Waals surface area (Å²) in [7, 11) is 0. The SMILES string of the molecule is CCOc1cc(/C=C2/NC(=O)N(CC)C2=O)c(Br)cc1OCc1ccc(C)cc1. The number of carbonyl (C=O) groups is 2. The molecule has 29 heavy (non-hydrogen) atoms. The van der Waals surface area contributed by atoms with Crippen molar-refractivity contribution in [1.82, 2.24) is 10.2 Å². The first-order chi connectivity index (χ1) is 13.9. The molecule has 0 aromatic heterocycles. The summed E-state index contributed by atoms with van der Waals surface area (Å²) < 4.78 is 12.4. The average molecular weight is 459 g/mol. The third kappa shape index (κ3) is 4.79. The number of urea groups is 1. The number of benzene rings is 2. The smallest absolute Gasteiger partial charge is 0.328 e. The van der Waals surface area contributed by atoms with Gasteiger partial charge in [0.1, 0.15) is 12.3 Å². The van der Waals surface area contributed by atoms with Crippen LogP contribution in [0.4, 0.5) is 4.79 Å². The van der Waals surface area contributed by atoms with Crippen molar-refractivity contribution in [3.8, 4) is 11.5 Å². The van der Waals surface area contributed by atoms with Crippen molar-refractivity contribution < 1.29 is 19.1 Å². The molecule has 0 aliphatic carbocycles. The lowest BCUT2D eigenvalue weighted by Crippen LogP contribution is -2.30. The second-order valence-corrected chi connectivity index (χ2v) is 7.42. The summed E-state index contributed by atoms with van der Waals surface area (Å²) in [5, 5.41) is 2.60. The van der Waals surface area contributed by atoms with Gasteiger partial charge in [-0.05, 0) is 50.1 Å². The third-order valence-electron chi connectivity index (χ3n) is 4.46. The highest BCUT2D eigenvalue weighted by atomic mass is 79.9. The van der Waals surface area contributed by atoms with Crippen molar-refractivity contribution in [3.63, 3.8) is 0 Å². The van der Waals surface area contributed by atoms with Gasteiger partial charge >= 0.3 is 6.03 Å². The van der Waals surface area contributed by atoms with Crippen LogP contribution in [0.25, 0.3) is 6.08 Å². The molecule has 1 saturated heterocycles. The monoisotopic (exact) mass is 458 g/mol. The zero-order valence-electron chi connectivity index (χ0n) is 16.6. The Labute approximate surface area is 178 Å². The van der Waals surface area contributed by atoms with Gasteiger partial charge in [0.05, 0.1) is 6.61 Å². The van der Waals surface area contributed by atoms with Crippen LogP contribution in [-0.4, -0.2) is 30.0 Å². The fraction of sp³-hybridized carbons (Fsp3) is 0.273. The first-order valence-electron chi connectivity index (χ1n) is 9.42. The second-order valence-electron chi connectivity index (χ2n) is 6.57. The highest BCUT2D eigenvalue weighted by molar-refractivity contribution is 9.10. The maximum atomic E-state index is 12.3. The molecule has 2 aromatic rings. The molecule has 3 rings (SSSR count). The van der Waals surface area contributed by atoms with Crippen molar-refractivity contribution in [2.75, 3.05) is 13.2 Å². The molecule has 0 atom stereocenters. The Bertz CT molecular complexity index is 954. The van der Waals surface area contributed by atoms with Gasteiger partial charge < -0.3 is 14.8 Å². The first-order valence-corrected chi connectivity index (χ1v) is 10.2. The number of imide groups is 1. The zero-order valence-corrected chi connectivity index (χ0v) is 18.2. The molecular weight excluding hydrogens is 436 g/mol. The Kier molecular flexibility index (Phi) is 6.59. The lowest BCUT2D eigenvalue weighted by atomic mass is 10.1. The Morgan fingerprint density at radius 1 is 1.07 bits per heavy atom. The van der Waals surface area contributed by atoms with Crippen LogP contribution < -0.4 is 14.8 Å². The number of carbonyl (C=O) groups excluding carboxylic acids is 2. The number of halogens is 1. The van der Waals surface area contributed by atoms with Crippen LogP contribution in [0, 0.1) is 6.92 Å². The first kappa shape index (κ1) is 20.9. The van der Waals surface area contributed by atoms with E-state index in [1.54, 1.807) is 19.1 Å². The Hall–Kier alpha value is -2.80. The molecule has 0 unspecified atom stereocenters. The largest absolute Gasteiger partial charge is 0.490 e. The molecule has 7 heteroatoms. The van der Waals surface area contributed by atoms with Gasteiger partial charge in [-0.15, -0.1) is 0 Å². The van der Waals surface area contributed by atoms with E-state index in [0.29, 0.717) is 36.8 Å². The van der Waals surface area contributed by atoms with Crippen LogP contribution in [0.5, 0.6) is 11.5 Å². The number of hydrogen-bond donors (Lipinski definition) is 1. The molecule has 2 aromatic carbocycles. The van der Waals surface area contributed by atoms with E-state index in [9.17, 15) is 9.59 Å². The Morgan fingerprint density at radius 2 is 1.76 bits per heavy atom. The number of rotatable bonds is 7. The molecular formula is C22H23BrN2O4. The maximum Gasteiger partial charge on any atom is 0.328 e. The number of nitrogens with zero attached hydrogens (tertiary/aromatic N) is 1. The minimum absolute atomic E-state index is 0.230. The van der Waals surface area contributed by atoms with Crippen LogP contribution in [-0.2, 0) is 11.4 Å². The number of hydrogen-bond acceptors (Lipinski definition) is 4. The van der Waals surface area contributed by atoms with Gasteiger partial charge in [0.2, 0.25) is 0 Å². The number of likely N-dealkylation sites (N-methyl/N-ethyl adjacent to an activating group) is 1. The minimum atomic E-state index is -0.414. The molecule has 1 heterocycles. The normalized spacial score (nSPS) is 15.0. The molecule has 1 fully saturated rings. The zero-order chi connectivity index (χ0) is 21.0. The molecule has 6 nitrogen and oxygen atoms in total. The summed E-state index contributed by atoms with van der Waals surface area (Å²) in [5.41, 5.74) is 3.18. The fourth-order valence-electron chi connectivity index (χ4n) is 2.90. The Balaban J connectivity index is 1.86. The quantitative estimate of drug-likeness (QED) is 0.484. The van der Waals surface area contributed by atoms with E-state index in [0.717, 1.165) is 14.9 Å². The van der Waals surface area contributed by atoms with Crippen LogP contribution in [0.3, 0.4) is 0 Å². The number of amides is 3. The molecule has 0 bridgehead atoms. The van der Waals surface area contributed by atoms with Crippen molar-refractivity contribution >= 4 is 33.9 Å². The van der Waals surface area contributed by atoms with E-state index in [1.807, 2.05) is 44.2 Å². The van der Waals surface area contributed by atoms with E-state index in [1.165, 1.54) is 5.56 Å². The van der Waals surface area contributed by atoms with Gasteiger partial charge in [0.25, 0.3) is 5.91 Å². The van der Waals surface area contributed by atoms with Gasteiger partial charge in [-0.3, -0.25) is 9.69 Å². The predicted molar refractivity (Wildman–Crippen MR) is 115 cm³/mol. The predicted octanol–water partition coefficient (Wildman–Crippen LogP) is 4.65. The fourth-order valence-corrected chi connectivity index (χ4v) is 3.34. The van der Waals surface area contributed by atoms with Crippen LogP contribution in [0.1, 0.15) is 30.5 Å². The maximum absolute atomic E-state index is 12.3. The van der Waals surface area contributed by atoms with Gasteiger partial charge in [-0.25, -0.2) is 4.79 Å². The van der Waals surface area contributed by atoms with Gasteiger partial charge in [0, 0.05) is 11.0 Å². The van der Waals surface area contributed by atoms with Gasteiger partial charge in [0.15, 0.2) is 11.5 Å². The molecule has 0 saturated carbocycles. The molecule has 0 spiro atoms. The van der Waals surface area contributed by atoms with Gasteiger partial charge in [-0.1, -0.05) is 45.8 Å². The second kappa shape index (κ2) is 9.13. The van der Waals surface area contributed by atoms with Gasteiger partial charge in [-0.2, -0.15) is 0 Å². The van der Waals surface area contributed by atoms with Crippen molar-refractivity contribution in [3.05, 3.63) is 63.3 Å². The summed E-state index contributed by atoms with van der Waals surface area (Å²) >= 11 is 3.52. The highest BCUT2D eigenvalue weighted by Gasteiger charge is 2.32. The van der Waals surface area contributed by atoms with E-state index in [-0.39, 0.29) is 11.6 Å². The van der Waals surface area contributed by atoms with E-state index in [2.05, 4.69) is 21.2 Å². The summed E-state index contributed by atoms with van der Waals surface area (Å²) in [6.07, 6.45) is 1.63. The van der Waals surface area contributed by atoms with E-state index >= 15 is 0 Å². The molecule has 0 radical (unpaired) electrons. The summed E-state index contributed by atoms with van der Waals surface area (Å²) in [6.45, 7) is 6.89. The summed E-state index contributed by atoms with van der Waals surface area (Å²) in [4.78, 5) is 25.3. The molecule has 1 N–H and O–H groups in total. The molecule has 1 aliphatic heterocycles. The van der Waals surface area contributed by atoms with Crippen LogP contribution in [0.15, 0.2) is 46.6 Å². The van der Waals surface area contributed by atoms with Crippen molar-refractivity contribution in [2.24, 2.45) is 0 Å². The topological polar surface area (TPSA) is 67.9 Å². The van der Waals surface area contributed by atoms with E-state index < -0.39 is 6.03 Å². The summed E-state index contributed by atoms with van der Waals surface area (Å²) in [5.74, 6) is 0.819. The third-order valence-corrected chi connectivity index (χ3v) is 5.14. The number of ether oxygens (including phenoxy) is 2. The molecule has 1 aliphatic rings. The Morgan fingerprint density at radius 3 is 2.38 bits per heavy atom. The van der Waals surface area contributed by atoms with Crippen LogP contribution >= 0.6 is 15.9 Å². The van der Waals surface area contributed by atoms with Crippen LogP contribution in [0.2, 0.25) is 0 Å². The summed E-state index contributed by atoms with van der Waals surface area (Å²) in [6, 6.07) is 11.3. The standard InChI is InChI=1S/C22H23BrN2O4/c1-4-25-21(26)18(24-22(25)27)10-16-11-19(28-5-2)20(12-17(16)23)29-13-15-8-6-14(3)7-9-15/h6-12H,4-5,13H2,1-3H3,(H,24,27)/b18-10+. The number of aryl methyl sites for hydroxylation is 1.